The minimum absolute atomic E-state index is 0.132. The van der Waals surface area contributed by atoms with Gasteiger partial charge in [-0.2, -0.15) is 0 Å². The van der Waals surface area contributed by atoms with E-state index in [0.717, 1.165) is 0 Å². The first-order chi connectivity index (χ1) is 5.16. The number of nitrogens with one attached hydrogen (secondary N) is 1. The molecule has 0 saturated heterocycles. The fourth-order valence-corrected chi connectivity index (χ4v) is 0.652. The molecule has 0 aliphatic carbocycles. The molecule has 11 heavy (non-hydrogen) atoms. The number of rotatable bonds is 5. The standard InChI is InChI=1S/C6H15N3O2/c1-9(4-5-10)3-2-8-6(7)11/h10H,2-5H2,1H3,(H3,7,8,11). The third-order valence-corrected chi connectivity index (χ3v) is 1.27. The molecule has 2 amide bonds. The molecule has 66 valence electrons. The largest absolute Gasteiger partial charge is 0.395 e. The Hall–Kier alpha value is -0.810. The van der Waals surface area contributed by atoms with E-state index in [1.165, 1.54) is 0 Å². The third kappa shape index (κ3) is 7.08. The summed E-state index contributed by atoms with van der Waals surface area (Å²) in [7, 11) is 1.86. The van der Waals surface area contributed by atoms with Crippen molar-refractivity contribution in [3.8, 4) is 0 Å². The van der Waals surface area contributed by atoms with Crippen molar-refractivity contribution in [2.45, 2.75) is 0 Å². The number of nitrogens with two attached hydrogens (primary N) is 1. The van der Waals surface area contributed by atoms with Crippen molar-refractivity contribution in [3.05, 3.63) is 0 Å². The first kappa shape index (κ1) is 10.2. The molecule has 0 saturated carbocycles. The van der Waals surface area contributed by atoms with Crippen LogP contribution in [0.3, 0.4) is 0 Å². The topological polar surface area (TPSA) is 78.6 Å². The van der Waals surface area contributed by atoms with Gasteiger partial charge in [-0.15, -0.1) is 0 Å². The molecule has 0 aromatic rings. The molecule has 0 atom stereocenters. The van der Waals surface area contributed by atoms with Crippen molar-refractivity contribution in [1.82, 2.24) is 10.2 Å². The van der Waals surface area contributed by atoms with E-state index in [9.17, 15) is 4.79 Å². The minimum atomic E-state index is -0.512. The third-order valence-electron chi connectivity index (χ3n) is 1.27. The van der Waals surface area contributed by atoms with Gasteiger partial charge >= 0.3 is 6.03 Å². The summed E-state index contributed by atoms with van der Waals surface area (Å²) in [6, 6.07) is -0.512. The Morgan fingerprint density at radius 3 is 2.73 bits per heavy atom. The van der Waals surface area contributed by atoms with Gasteiger partial charge in [-0.25, -0.2) is 4.79 Å². The summed E-state index contributed by atoms with van der Waals surface area (Å²) in [5.41, 5.74) is 4.83. The lowest BCUT2D eigenvalue weighted by Crippen LogP contribution is -2.36. The van der Waals surface area contributed by atoms with Crippen LogP contribution < -0.4 is 11.1 Å². The van der Waals surface area contributed by atoms with Crippen LogP contribution in [0, 0.1) is 0 Å². The van der Waals surface area contributed by atoms with Crippen molar-refractivity contribution in [3.63, 3.8) is 0 Å². The first-order valence-corrected chi connectivity index (χ1v) is 3.49. The van der Waals surface area contributed by atoms with Crippen molar-refractivity contribution in [1.29, 1.82) is 0 Å². The van der Waals surface area contributed by atoms with E-state index in [0.29, 0.717) is 19.6 Å². The Morgan fingerprint density at radius 2 is 2.27 bits per heavy atom. The second-order valence-electron chi connectivity index (χ2n) is 2.32. The SMILES string of the molecule is CN(CCO)CCNC(N)=O. The van der Waals surface area contributed by atoms with Gasteiger partial charge in [0.25, 0.3) is 0 Å². The van der Waals surface area contributed by atoms with E-state index in [1.807, 2.05) is 11.9 Å². The van der Waals surface area contributed by atoms with Crippen LogP contribution in [0.2, 0.25) is 0 Å². The number of amides is 2. The molecular formula is C6H15N3O2. The maximum atomic E-state index is 10.2. The van der Waals surface area contributed by atoms with Crippen LogP contribution in [0.1, 0.15) is 0 Å². The Labute approximate surface area is 66.2 Å². The summed E-state index contributed by atoms with van der Waals surface area (Å²) in [6.07, 6.45) is 0. The average Bonchev–Trinajstić information content (AvgIpc) is 1.87. The Balaban J connectivity index is 3.16. The van der Waals surface area contributed by atoms with Gasteiger partial charge in [-0.05, 0) is 7.05 Å². The van der Waals surface area contributed by atoms with Gasteiger partial charge in [0.15, 0.2) is 0 Å². The number of urea groups is 1. The average molecular weight is 161 g/mol. The lowest BCUT2D eigenvalue weighted by atomic mass is 10.5. The molecule has 0 bridgehead atoms. The Morgan fingerprint density at radius 1 is 1.64 bits per heavy atom. The molecule has 4 N–H and O–H groups in total. The second kappa shape index (κ2) is 5.94. The number of primary amides is 1. The summed E-state index contributed by atoms with van der Waals surface area (Å²) in [6.45, 7) is 1.96. The molecular weight excluding hydrogens is 146 g/mol. The van der Waals surface area contributed by atoms with E-state index in [4.69, 9.17) is 10.8 Å². The number of aliphatic hydroxyl groups excluding tert-OH is 1. The number of carbonyl (C=O) groups is 1. The number of nitrogens with zero attached hydrogens (tertiary/aromatic N) is 1. The fourth-order valence-electron chi connectivity index (χ4n) is 0.652. The van der Waals surface area contributed by atoms with Gasteiger partial charge in [0.1, 0.15) is 0 Å². The summed E-state index contributed by atoms with van der Waals surface area (Å²) >= 11 is 0. The molecule has 0 spiro atoms. The van der Waals surface area contributed by atoms with Crippen LogP contribution in [0.4, 0.5) is 4.79 Å². The van der Waals surface area contributed by atoms with Crippen LogP contribution in [0.15, 0.2) is 0 Å². The Kier molecular flexibility index (Phi) is 5.50. The molecule has 0 unspecified atom stereocenters. The number of likely N-dealkylation sites (N-methyl/N-ethyl adjacent to an activating group) is 1. The number of carbonyl (C=O) groups excluding carboxylic acids is 1. The maximum absolute atomic E-state index is 10.2. The normalized spacial score (nSPS) is 10.1. The molecule has 0 aliphatic heterocycles. The number of hydrogen-bond donors (Lipinski definition) is 3. The highest BCUT2D eigenvalue weighted by Crippen LogP contribution is 1.77. The maximum Gasteiger partial charge on any atom is 0.312 e. The molecule has 0 aliphatic rings. The van der Waals surface area contributed by atoms with Gasteiger partial charge in [-0.1, -0.05) is 0 Å². The van der Waals surface area contributed by atoms with Crippen molar-refractivity contribution in [2.24, 2.45) is 5.73 Å². The zero-order valence-corrected chi connectivity index (χ0v) is 6.71. The van der Waals surface area contributed by atoms with Gasteiger partial charge in [0, 0.05) is 19.6 Å². The highest BCUT2D eigenvalue weighted by atomic mass is 16.3. The predicted molar refractivity (Wildman–Crippen MR) is 42.2 cm³/mol. The highest BCUT2D eigenvalue weighted by Gasteiger charge is 1.96. The molecule has 0 aromatic heterocycles. The monoisotopic (exact) mass is 161 g/mol. The van der Waals surface area contributed by atoms with Crippen LogP contribution in [-0.4, -0.2) is 49.3 Å². The van der Waals surface area contributed by atoms with E-state index >= 15 is 0 Å². The van der Waals surface area contributed by atoms with Crippen LogP contribution >= 0.6 is 0 Å². The lowest BCUT2D eigenvalue weighted by molar-refractivity contribution is 0.220. The van der Waals surface area contributed by atoms with Crippen molar-refractivity contribution < 1.29 is 9.90 Å². The summed E-state index contributed by atoms with van der Waals surface area (Å²) in [5.74, 6) is 0. The lowest BCUT2D eigenvalue weighted by Gasteiger charge is -2.14. The van der Waals surface area contributed by atoms with Crippen molar-refractivity contribution >= 4 is 6.03 Å². The predicted octanol–water partition coefficient (Wildman–Crippen LogP) is -1.42. The second-order valence-corrected chi connectivity index (χ2v) is 2.32. The van der Waals surface area contributed by atoms with Crippen LogP contribution in [0.5, 0.6) is 0 Å². The van der Waals surface area contributed by atoms with Crippen LogP contribution in [0.25, 0.3) is 0 Å². The summed E-state index contributed by atoms with van der Waals surface area (Å²) < 4.78 is 0. The van der Waals surface area contributed by atoms with Crippen molar-refractivity contribution in [2.75, 3.05) is 33.3 Å². The van der Waals surface area contributed by atoms with Gasteiger partial charge in [0.05, 0.1) is 6.61 Å². The highest BCUT2D eigenvalue weighted by molar-refractivity contribution is 5.71. The molecule has 0 radical (unpaired) electrons. The Bertz CT molecular complexity index is 118. The van der Waals surface area contributed by atoms with E-state index < -0.39 is 6.03 Å². The van der Waals surface area contributed by atoms with Gasteiger partial charge < -0.3 is 21.1 Å². The molecule has 0 fully saturated rings. The molecule has 0 aromatic carbocycles. The zero-order chi connectivity index (χ0) is 8.69. The first-order valence-electron chi connectivity index (χ1n) is 3.49. The van der Waals surface area contributed by atoms with E-state index in [-0.39, 0.29) is 6.61 Å². The van der Waals surface area contributed by atoms with E-state index in [1.54, 1.807) is 0 Å². The smallest absolute Gasteiger partial charge is 0.312 e. The molecule has 5 nitrogen and oxygen atoms in total. The number of aliphatic hydroxyl groups is 1. The molecule has 0 rings (SSSR count). The fraction of sp³-hybridized carbons (Fsp3) is 0.833. The quantitative estimate of drug-likeness (QED) is 0.463. The van der Waals surface area contributed by atoms with Crippen LogP contribution in [-0.2, 0) is 0 Å². The summed E-state index contributed by atoms with van der Waals surface area (Å²) in [5, 5.41) is 10.9. The minimum Gasteiger partial charge on any atom is -0.395 e. The zero-order valence-electron chi connectivity index (χ0n) is 6.71. The molecule has 5 heteroatoms. The molecule has 0 heterocycles. The van der Waals surface area contributed by atoms with E-state index in [2.05, 4.69) is 5.32 Å². The summed E-state index contributed by atoms with van der Waals surface area (Å²) in [4.78, 5) is 12.1. The van der Waals surface area contributed by atoms with Gasteiger partial charge in [0.2, 0.25) is 0 Å². The van der Waals surface area contributed by atoms with Gasteiger partial charge in [-0.3, -0.25) is 0 Å². The number of hydrogen-bond acceptors (Lipinski definition) is 3.